The third-order valence-corrected chi connectivity index (χ3v) is 7.94. The van der Waals surface area contributed by atoms with Gasteiger partial charge >= 0.3 is 17.9 Å². The number of unbranched alkanes of at least 4 members (excludes halogenated alkanes) is 1. The largest absolute Gasteiger partial charge is 0.480 e. The van der Waals surface area contributed by atoms with Crippen LogP contribution in [0.3, 0.4) is 0 Å². The number of amides is 3. The minimum atomic E-state index is -1.03. The van der Waals surface area contributed by atoms with E-state index in [0.29, 0.717) is 51.4 Å². The summed E-state index contributed by atoms with van der Waals surface area (Å²) < 4.78 is 5.43. The zero-order chi connectivity index (χ0) is 36.7. The first-order valence-corrected chi connectivity index (χ1v) is 17.0. The molecule has 0 bridgehead atoms. The van der Waals surface area contributed by atoms with Crippen molar-refractivity contribution in [1.82, 2.24) is 35.6 Å². The Morgan fingerprint density at radius 1 is 0.620 bits per heavy atom. The maximum absolute atomic E-state index is 13.0. The molecular formula is C33H53N7O10. The molecule has 0 radical (unpaired) electrons. The fourth-order valence-corrected chi connectivity index (χ4v) is 5.12. The summed E-state index contributed by atoms with van der Waals surface area (Å²) >= 11 is 0. The highest BCUT2D eigenvalue weighted by Gasteiger charge is 2.21. The van der Waals surface area contributed by atoms with Gasteiger partial charge in [-0.05, 0) is 24.1 Å². The lowest BCUT2D eigenvalue weighted by Crippen LogP contribution is -2.49. The average molecular weight is 708 g/mol. The van der Waals surface area contributed by atoms with Crippen molar-refractivity contribution < 1.29 is 48.8 Å². The van der Waals surface area contributed by atoms with Crippen LogP contribution in [-0.4, -0.2) is 175 Å². The molecule has 1 aromatic carbocycles. The number of carbonyl (C=O) groups excluding carboxylic acids is 3. The minimum Gasteiger partial charge on any atom is -0.480 e. The highest BCUT2D eigenvalue weighted by molar-refractivity contribution is 5.94. The number of rotatable bonds is 20. The molecule has 0 saturated carbocycles. The molecule has 6 N–H and O–H groups in total. The SMILES string of the molecule is CCCCNC(=O)CCOCCNC(=O)c1ccc(CNC(=O)CN2CCN(CC(=O)O)CCN(CC(=O)O)CCN(CC(=O)O)CC2)cc1. The van der Waals surface area contributed by atoms with Crippen molar-refractivity contribution in [3.05, 3.63) is 35.4 Å². The molecule has 1 fully saturated rings. The van der Waals surface area contributed by atoms with E-state index in [-0.39, 0.29) is 89.7 Å². The molecule has 17 nitrogen and oxygen atoms in total. The molecule has 2 rings (SSSR count). The second-order valence-electron chi connectivity index (χ2n) is 12.1. The van der Waals surface area contributed by atoms with Crippen LogP contribution in [0.4, 0.5) is 0 Å². The third-order valence-electron chi connectivity index (χ3n) is 7.94. The lowest BCUT2D eigenvalue weighted by Gasteiger charge is -2.32. The van der Waals surface area contributed by atoms with Gasteiger partial charge in [-0.15, -0.1) is 0 Å². The number of aliphatic carboxylic acids is 3. The number of carbonyl (C=O) groups is 6. The summed E-state index contributed by atoms with van der Waals surface area (Å²) in [6.07, 6.45) is 2.21. The topological polar surface area (TPSA) is 221 Å². The van der Waals surface area contributed by atoms with Gasteiger partial charge in [-0.1, -0.05) is 25.5 Å². The van der Waals surface area contributed by atoms with Crippen LogP contribution < -0.4 is 16.0 Å². The summed E-state index contributed by atoms with van der Waals surface area (Å²) in [4.78, 5) is 78.4. The van der Waals surface area contributed by atoms with Crippen LogP contribution >= 0.6 is 0 Å². The van der Waals surface area contributed by atoms with Crippen LogP contribution in [0, 0.1) is 0 Å². The fraction of sp³-hybridized carbons (Fsp3) is 0.636. The first kappa shape index (κ1) is 42.0. The van der Waals surface area contributed by atoms with E-state index in [4.69, 9.17) is 4.74 Å². The van der Waals surface area contributed by atoms with Gasteiger partial charge in [0.25, 0.3) is 5.91 Å². The van der Waals surface area contributed by atoms with Crippen molar-refractivity contribution in [3.8, 4) is 0 Å². The zero-order valence-corrected chi connectivity index (χ0v) is 28.9. The number of hydrogen-bond donors (Lipinski definition) is 6. The van der Waals surface area contributed by atoms with Gasteiger partial charge in [0, 0.05) is 84.0 Å². The predicted molar refractivity (Wildman–Crippen MR) is 183 cm³/mol. The summed E-state index contributed by atoms with van der Waals surface area (Å²) in [5.74, 6) is -3.69. The molecule has 0 aliphatic carbocycles. The summed E-state index contributed by atoms with van der Waals surface area (Å²) in [5.41, 5.74) is 1.22. The van der Waals surface area contributed by atoms with Crippen molar-refractivity contribution in [2.75, 3.05) is 105 Å². The van der Waals surface area contributed by atoms with Crippen LogP contribution in [0.5, 0.6) is 0 Å². The number of carboxylic acid groups (broad SMARTS) is 3. The molecule has 0 spiro atoms. The van der Waals surface area contributed by atoms with E-state index in [0.717, 1.165) is 18.4 Å². The lowest BCUT2D eigenvalue weighted by molar-refractivity contribution is -0.140. The van der Waals surface area contributed by atoms with E-state index in [2.05, 4.69) is 22.9 Å². The van der Waals surface area contributed by atoms with Gasteiger partial charge in [0.05, 0.1) is 39.4 Å². The Hall–Kier alpha value is -4.16. The van der Waals surface area contributed by atoms with E-state index in [1.807, 2.05) is 4.90 Å². The fourth-order valence-electron chi connectivity index (χ4n) is 5.12. The van der Waals surface area contributed by atoms with Crippen molar-refractivity contribution in [1.29, 1.82) is 0 Å². The molecule has 1 heterocycles. The highest BCUT2D eigenvalue weighted by atomic mass is 16.5. The summed E-state index contributed by atoms with van der Waals surface area (Å²) in [6, 6.07) is 6.78. The van der Waals surface area contributed by atoms with Crippen LogP contribution in [-0.2, 0) is 35.3 Å². The molecule has 50 heavy (non-hydrogen) atoms. The summed E-state index contributed by atoms with van der Waals surface area (Å²) in [5, 5.41) is 36.6. The van der Waals surface area contributed by atoms with Crippen molar-refractivity contribution in [2.45, 2.75) is 32.7 Å². The monoisotopic (exact) mass is 707 g/mol. The zero-order valence-electron chi connectivity index (χ0n) is 28.9. The van der Waals surface area contributed by atoms with Gasteiger partial charge in [-0.3, -0.25) is 48.4 Å². The first-order chi connectivity index (χ1) is 23.9. The molecule has 0 atom stereocenters. The number of nitrogens with zero attached hydrogens (tertiary/aromatic N) is 4. The maximum Gasteiger partial charge on any atom is 0.317 e. The molecule has 17 heteroatoms. The normalized spacial score (nSPS) is 15.7. The quantitative estimate of drug-likeness (QED) is 0.0880. The van der Waals surface area contributed by atoms with Crippen molar-refractivity contribution in [3.63, 3.8) is 0 Å². The Balaban J connectivity index is 1.86. The second kappa shape index (κ2) is 24.1. The van der Waals surface area contributed by atoms with E-state index >= 15 is 0 Å². The third kappa shape index (κ3) is 19.1. The van der Waals surface area contributed by atoms with Crippen LogP contribution in [0.25, 0.3) is 0 Å². The van der Waals surface area contributed by atoms with Gasteiger partial charge in [-0.25, -0.2) is 0 Å². The number of hydrogen-bond acceptors (Lipinski definition) is 11. The van der Waals surface area contributed by atoms with Crippen LogP contribution in [0.1, 0.15) is 42.1 Å². The number of ether oxygens (including phenoxy) is 1. The van der Waals surface area contributed by atoms with E-state index in [1.54, 1.807) is 39.0 Å². The molecule has 1 aromatic rings. The molecule has 1 aliphatic rings. The van der Waals surface area contributed by atoms with Gasteiger partial charge in [0.2, 0.25) is 11.8 Å². The predicted octanol–water partition coefficient (Wildman–Crippen LogP) is -1.17. The van der Waals surface area contributed by atoms with Gasteiger partial charge in [0.1, 0.15) is 0 Å². The van der Waals surface area contributed by atoms with Gasteiger partial charge in [-0.2, -0.15) is 0 Å². The number of nitrogens with one attached hydrogen (secondary N) is 3. The highest BCUT2D eigenvalue weighted by Crippen LogP contribution is 2.05. The van der Waals surface area contributed by atoms with Crippen LogP contribution in [0.2, 0.25) is 0 Å². The summed E-state index contributed by atoms with van der Waals surface area (Å²) in [6.45, 7) is 5.47. The smallest absolute Gasteiger partial charge is 0.317 e. The molecule has 1 saturated heterocycles. The van der Waals surface area contributed by atoms with Gasteiger partial charge in [0.15, 0.2) is 0 Å². The molecule has 1 aliphatic heterocycles. The van der Waals surface area contributed by atoms with E-state index in [9.17, 15) is 44.1 Å². The minimum absolute atomic E-state index is 0.000940. The molecule has 280 valence electrons. The average Bonchev–Trinajstić information content (AvgIpc) is 3.06. The Morgan fingerprint density at radius 2 is 1.10 bits per heavy atom. The van der Waals surface area contributed by atoms with E-state index in [1.165, 1.54) is 0 Å². The lowest BCUT2D eigenvalue weighted by atomic mass is 10.1. The Bertz CT molecular complexity index is 1200. The van der Waals surface area contributed by atoms with E-state index < -0.39 is 17.9 Å². The van der Waals surface area contributed by atoms with Crippen molar-refractivity contribution in [2.24, 2.45) is 0 Å². The number of carboxylic acids is 3. The second-order valence-corrected chi connectivity index (χ2v) is 12.1. The Labute approximate surface area is 292 Å². The summed E-state index contributed by atoms with van der Waals surface area (Å²) in [7, 11) is 0. The molecule has 3 amide bonds. The molecule has 0 aromatic heterocycles. The Kier molecular flexibility index (Phi) is 20.2. The first-order valence-electron chi connectivity index (χ1n) is 17.0. The molecule has 0 unspecified atom stereocenters. The van der Waals surface area contributed by atoms with Crippen molar-refractivity contribution >= 4 is 35.6 Å². The standard InChI is InChI=1S/C33H53N7O10/c1-2-3-9-34-28(41)8-19-50-20-10-35-33(49)27-6-4-26(5-7-27)21-36-29(42)22-37-11-13-38(23-30(43)44)15-17-40(25-32(47)48)18-16-39(14-12-37)24-31(45)46/h4-7H,2-3,8-25H2,1H3,(H,34,41)(H,35,49)(H,36,42)(H,43,44)(H,45,46)(H,47,48). The maximum atomic E-state index is 13.0. The van der Waals surface area contributed by atoms with Gasteiger partial charge < -0.3 is 36.0 Å². The van der Waals surface area contributed by atoms with Crippen LogP contribution in [0.15, 0.2) is 24.3 Å². The number of benzene rings is 1. The molecular weight excluding hydrogens is 654 g/mol. The Morgan fingerprint density at radius 3 is 1.56 bits per heavy atom.